The molecule has 0 saturated carbocycles. The molecule has 3 heteroatoms. The van der Waals surface area contributed by atoms with Crippen molar-refractivity contribution in [2.24, 2.45) is 0 Å². The molecule has 2 aliphatic heterocycles. The van der Waals surface area contributed by atoms with Crippen molar-refractivity contribution in [3.8, 4) is 0 Å². The van der Waals surface area contributed by atoms with E-state index in [0.29, 0.717) is 6.04 Å². The Morgan fingerprint density at radius 3 is 2.79 bits per heavy atom. The molecule has 0 amide bonds. The highest BCUT2D eigenvalue weighted by Gasteiger charge is 2.49. The zero-order chi connectivity index (χ0) is 10.3. The maximum Gasteiger partial charge on any atom is 0.152 e. The van der Waals surface area contributed by atoms with E-state index >= 15 is 0 Å². The Kier molecular flexibility index (Phi) is 2.61. The lowest BCUT2D eigenvalue weighted by atomic mass is 9.87. The van der Waals surface area contributed by atoms with Crippen LogP contribution in [-0.4, -0.2) is 34.7 Å². The van der Waals surface area contributed by atoms with Gasteiger partial charge in [0.05, 0.1) is 0 Å². The van der Waals surface area contributed by atoms with E-state index in [1.54, 1.807) is 6.92 Å². The minimum absolute atomic E-state index is 0.151. The fourth-order valence-corrected chi connectivity index (χ4v) is 3.48. The maximum absolute atomic E-state index is 11.6. The van der Waals surface area contributed by atoms with Crippen LogP contribution in [0.3, 0.4) is 0 Å². The Bertz CT molecular complexity index is 256. The van der Waals surface area contributed by atoms with Gasteiger partial charge in [-0.2, -0.15) is 0 Å². The molecule has 2 bridgehead atoms. The van der Waals surface area contributed by atoms with Crippen LogP contribution in [0.5, 0.6) is 0 Å². The predicted molar refractivity (Wildman–Crippen MR) is 57.7 cm³/mol. The van der Waals surface area contributed by atoms with Crippen molar-refractivity contribution in [1.29, 1.82) is 0 Å². The Hall–Kier alpha value is -0.0800. The quantitative estimate of drug-likeness (QED) is 0.625. The molecule has 0 aromatic carbocycles. The fourth-order valence-electron chi connectivity index (χ4n) is 3.08. The summed E-state index contributed by atoms with van der Waals surface area (Å²) in [5.41, 5.74) is 0. The van der Waals surface area contributed by atoms with Crippen LogP contribution in [0.2, 0.25) is 0 Å². The first kappa shape index (κ1) is 10.4. The second kappa shape index (κ2) is 3.49. The van der Waals surface area contributed by atoms with Gasteiger partial charge in [0, 0.05) is 12.1 Å². The third-order valence-electron chi connectivity index (χ3n) is 4.03. The molecule has 2 aliphatic rings. The largest absolute Gasteiger partial charge is 0.298 e. The highest BCUT2D eigenvalue weighted by atomic mass is 35.5. The van der Waals surface area contributed by atoms with Gasteiger partial charge in [0.2, 0.25) is 0 Å². The summed E-state index contributed by atoms with van der Waals surface area (Å²) in [6.45, 7) is 1.64. The van der Waals surface area contributed by atoms with E-state index in [9.17, 15) is 4.79 Å². The molecular formula is C11H18ClNO. The van der Waals surface area contributed by atoms with E-state index in [4.69, 9.17) is 11.6 Å². The van der Waals surface area contributed by atoms with Crippen molar-refractivity contribution in [2.75, 3.05) is 7.05 Å². The minimum atomic E-state index is -0.597. The number of hydrogen-bond acceptors (Lipinski definition) is 2. The minimum Gasteiger partial charge on any atom is -0.298 e. The molecule has 2 nitrogen and oxygen atoms in total. The molecule has 0 spiro atoms. The van der Waals surface area contributed by atoms with Gasteiger partial charge in [-0.05, 0) is 46.1 Å². The normalized spacial score (nSPS) is 43.6. The summed E-state index contributed by atoms with van der Waals surface area (Å²) in [5, 5.41) is 0. The van der Waals surface area contributed by atoms with Crippen LogP contribution in [-0.2, 0) is 4.79 Å². The van der Waals surface area contributed by atoms with Gasteiger partial charge < -0.3 is 0 Å². The van der Waals surface area contributed by atoms with Crippen LogP contribution in [0.25, 0.3) is 0 Å². The highest BCUT2D eigenvalue weighted by Crippen LogP contribution is 2.42. The SMILES string of the molecule is CC(=O)C1(Cl)CCC[C@H]2CC[C@@H]1N2C. The van der Waals surface area contributed by atoms with E-state index in [-0.39, 0.29) is 11.8 Å². The third kappa shape index (κ3) is 1.40. The molecule has 3 atom stereocenters. The van der Waals surface area contributed by atoms with Crippen LogP contribution in [0.15, 0.2) is 0 Å². The van der Waals surface area contributed by atoms with Gasteiger partial charge in [-0.15, -0.1) is 11.6 Å². The number of carbonyl (C=O) groups excluding carboxylic acids is 1. The Balaban J connectivity index is 2.29. The lowest BCUT2D eigenvalue weighted by Gasteiger charge is -2.34. The van der Waals surface area contributed by atoms with Crippen LogP contribution < -0.4 is 0 Å². The van der Waals surface area contributed by atoms with E-state index < -0.39 is 4.87 Å². The summed E-state index contributed by atoms with van der Waals surface area (Å²) < 4.78 is 0. The summed E-state index contributed by atoms with van der Waals surface area (Å²) in [7, 11) is 2.12. The number of nitrogens with zero attached hydrogens (tertiary/aromatic N) is 1. The molecule has 14 heavy (non-hydrogen) atoms. The second-order valence-corrected chi connectivity index (χ2v) is 5.40. The Morgan fingerprint density at radius 2 is 2.14 bits per heavy atom. The average molecular weight is 216 g/mol. The number of halogens is 1. The predicted octanol–water partition coefficient (Wildman–Crippen LogP) is 2.20. The van der Waals surface area contributed by atoms with Crippen molar-refractivity contribution in [3.05, 3.63) is 0 Å². The lowest BCUT2D eigenvalue weighted by molar-refractivity contribution is -0.121. The first-order valence-electron chi connectivity index (χ1n) is 5.47. The van der Waals surface area contributed by atoms with Crippen molar-refractivity contribution < 1.29 is 4.79 Å². The average Bonchev–Trinajstić information content (AvgIpc) is 2.39. The number of rotatable bonds is 1. The van der Waals surface area contributed by atoms with Gasteiger partial charge in [-0.25, -0.2) is 0 Å². The molecule has 0 aromatic heterocycles. The third-order valence-corrected chi connectivity index (χ3v) is 4.74. The fraction of sp³-hybridized carbons (Fsp3) is 0.909. The highest BCUT2D eigenvalue weighted by molar-refractivity contribution is 6.35. The second-order valence-electron chi connectivity index (χ2n) is 4.72. The van der Waals surface area contributed by atoms with Gasteiger partial charge in [-0.1, -0.05) is 0 Å². The molecule has 0 radical (unpaired) electrons. The van der Waals surface area contributed by atoms with E-state index in [2.05, 4.69) is 11.9 Å². The monoisotopic (exact) mass is 215 g/mol. The summed E-state index contributed by atoms with van der Waals surface area (Å²) in [6.07, 6.45) is 5.45. The smallest absolute Gasteiger partial charge is 0.152 e. The van der Waals surface area contributed by atoms with Gasteiger partial charge in [0.1, 0.15) is 4.87 Å². The zero-order valence-electron chi connectivity index (χ0n) is 8.92. The Labute approximate surface area is 90.6 Å². The van der Waals surface area contributed by atoms with Gasteiger partial charge in [-0.3, -0.25) is 9.69 Å². The first-order valence-corrected chi connectivity index (χ1v) is 5.85. The number of carbonyl (C=O) groups is 1. The van der Waals surface area contributed by atoms with Crippen molar-refractivity contribution >= 4 is 17.4 Å². The maximum atomic E-state index is 11.6. The molecule has 0 N–H and O–H groups in total. The number of Topliss-reactive ketones (excluding diaryl/α,β-unsaturated/α-hetero) is 1. The molecular weight excluding hydrogens is 198 g/mol. The molecule has 2 fully saturated rings. The molecule has 0 aromatic rings. The summed E-state index contributed by atoms with van der Waals surface area (Å²) in [6, 6.07) is 0.939. The zero-order valence-corrected chi connectivity index (χ0v) is 9.68. The van der Waals surface area contributed by atoms with Gasteiger partial charge >= 0.3 is 0 Å². The molecule has 2 heterocycles. The van der Waals surface area contributed by atoms with Crippen molar-refractivity contribution in [3.63, 3.8) is 0 Å². The summed E-state index contributed by atoms with van der Waals surface area (Å²) >= 11 is 6.51. The van der Waals surface area contributed by atoms with Crippen molar-refractivity contribution in [2.45, 2.75) is 56.0 Å². The van der Waals surface area contributed by atoms with E-state index in [1.165, 1.54) is 12.8 Å². The number of fused-ring (bicyclic) bond motifs is 2. The lowest BCUT2D eigenvalue weighted by Crippen LogP contribution is -2.48. The number of ketones is 1. The van der Waals surface area contributed by atoms with Gasteiger partial charge in [0.25, 0.3) is 0 Å². The van der Waals surface area contributed by atoms with E-state index in [1.807, 2.05) is 0 Å². The standard InChI is InChI=1S/C11H18ClNO/c1-8(14)11(12)7-3-4-9-5-6-10(11)13(9)2/h9-10H,3-7H2,1-2H3/t9-,10-,11?/m0/s1. The molecule has 80 valence electrons. The number of hydrogen-bond donors (Lipinski definition) is 0. The molecule has 2 rings (SSSR count). The number of alkyl halides is 1. The topological polar surface area (TPSA) is 20.3 Å². The summed E-state index contributed by atoms with van der Waals surface area (Å²) in [4.78, 5) is 13.4. The van der Waals surface area contributed by atoms with Crippen LogP contribution in [0, 0.1) is 0 Å². The van der Waals surface area contributed by atoms with E-state index in [0.717, 1.165) is 19.3 Å². The van der Waals surface area contributed by atoms with Crippen LogP contribution in [0.4, 0.5) is 0 Å². The molecule has 0 aliphatic carbocycles. The first-order chi connectivity index (χ1) is 6.55. The summed E-state index contributed by atoms with van der Waals surface area (Å²) in [5.74, 6) is 0.151. The molecule has 2 saturated heterocycles. The Morgan fingerprint density at radius 1 is 1.43 bits per heavy atom. The van der Waals surface area contributed by atoms with Crippen molar-refractivity contribution in [1.82, 2.24) is 4.90 Å². The van der Waals surface area contributed by atoms with Gasteiger partial charge in [0.15, 0.2) is 5.78 Å². The molecule has 1 unspecified atom stereocenters. The van der Waals surface area contributed by atoms with Crippen LogP contribution >= 0.6 is 11.6 Å². The van der Waals surface area contributed by atoms with Crippen LogP contribution in [0.1, 0.15) is 39.0 Å².